The van der Waals surface area contributed by atoms with Crippen molar-refractivity contribution < 1.29 is 4.74 Å². The van der Waals surface area contributed by atoms with Crippen molar-refractivity contribution >= 4 is 0 Å². The molecule has 0 heterocycles. The molecule has 0 aromatic carbocycles. The minimum absolute atomic E-state index is 0.427. The third-order valence-electron chi connectivity index (χ3n) is 6.54. The van der Waals surface area contributed by atoms with Gasteiger partial charge in [0.2, 0.25) is 0 Å². The largest absolute Gasteiger partial charge is 0.380 e. The highest BCUT2D eigenvalue weighted by Crippen LogP contribution is 2.58. The Balaban J connectivity index is 1.98. The number of methoxy groups -OCH3 is 1. The fourth-order valence-corrected chi connectivity index (χ4v) is 5.35. The molecule has 3 rings (SSSR count). The number of fused-ring (bicyclic) bond motifs is 2. The second-order valence-corrected chi connectivity index (χ2v) is 8.31. The van der Waals surface area contributed by atoms with Gasteiger partial charge in [-0.3, -0.25) is 0 Å². The molecule has 0 saturated heterocycles. The molecule has 0 radical (unpaired) electrons. The van der Waals surface area contributed by atoms with E-state index in [0.29, 0.717) is 11.3 Å². The molecule has 1 saturated carbocycles. The van der Waals surface area contributed by atoms with Gasteiger partial charge in [0.25, 0.3) is 0 Å². The van der Waals surface area contributed by atoms with Gasteiger partial charge in [0.1, 0.15) is 0 Å². The maximum atomic E-state index is 5.48. The van der Waals surface area contributed by atoms with Crippen LogP contribution in [-0.2, 0) is 4.74 Å². The quantitative estimate of drug-likeness (QED) is 0.634. The molecule has 0 aliphatic heterocycles. The summed E-state index contributed by atoms with van der Waals surface area (Å²) in [5, 5.41) is 0. The summed E-state index contributed by atoms with van der Waals surface area (Å²) in [5.41, 5.74) is 5.61. The van der Waals surface area contributed by atoms with Crippen molar-refractivity contribution in [3.8, 4) is 0 Å². The monoisotopic (exact) mass is 288 g/mol. The SMILES string of the molecule is COCC1=C2CC3(C)CCC(C(C)C)C3=CC(C)C2CC1. The molecule has 4 unspecified atom stereocenters. The minimum atomic E-state index is 0.427. The molecule has 21 heavy (non-hydrogen) atoms. The normalized spacial score (nSPS) is 39.3. The van der Waals surface area contributed by atoms with Crippen molar-refractivity contribution in [2.24, 2.45) is 29.1 Å². The van der Waals surface area contributed by atoms with E-state index < -0.39 is 0 Å². The van der Waals surface area contributed by atoms with Crippen LogP contribution in [-0.4, -0.2) is 13.7 Å². The van der Waals surface area contributed by atoms with Gasteiger partial charge in [0, 0.05) is 7.11 Å². The lowest BCUT2D eigenvalue weighted by Crippen LogP contribution is -2.18. The molecule has 3 aliphatic carbocycles. The second kappa shape index (κ2) is 5.57. The Bertz CT molecular complexity index is 470. The van der Waals surface area contributed by atoms with E-state index in [4.69, 9.17) is 4.74 Å². The molecular weight excluding hydrogens is 256 g/mol. The third kappa shape index (κ3) is 2.52. The average Bonchev–Trinajstić information content (AvgIpc) is 2.91. The van der Waals surface area contributed by atoms with Crippen molar-refractivity contribution in [2.45, 2.75) is 59.8 Å². The van der Waals surface area contributed by atoms with E-state index >= 15 is 0 Å². The molecule has 3 aliphatic rings. The lowest BCUT2D eigenvalue weighted by Gasteiger charge is -2.29. The first kappa shape index (κ1) is 15.3. The molecule has 0 aromatic rings. The molecule has 1 nitrogen and oxygen atoms in total. The smallest absolute Gasteiger partial charge is 0.0675 e. The summed E-state index contributed by atoms with van der Waals surface area (Å²) < 4.78 is 5.48. The van der Waals surface area contributed by atoms with Gasteiger partial charge in [-0.05, 0) is 66.8 Å². The van der Waals surface area contributed by atoms with E-state index in [9.17, 15) is 0 Å². The van der Waals surface area contributed by atoms with Crippen LogP contribution >= 0.6 is 0 Å². The van der Waals surface area contributed by atoms with Crippen molar-refractivity contribution in [3.05, 3.63) is 22.8 Å². The van der Waals surface area contributed by atoms with Crippen LogP contribution in [0.15, 0.2) is 22.8 Å². The topological polar surface area (TPSA) is 9.23 Å². The number of allylic oxidation sites excluding steroid dienone is 3. The summed E-state index contributed by atoms with van der Waals surface area (Å²) in [5.74, 6) is 3.11. The number of hydrogen-bond acceptors (Lipinski definition) is 1. The summed E-state index contributed by atoms with van der Waals surface area (Å²) >= 11 is 0. The van der Waals surface area contributed by atoms with Gasteiger partial charge >= 0.3 is 0 Å². The van der Waals surface area contributed by atoms with Gasteiger partial charge in [0.05, 0.1) is 6.61 Å². The van der Waals surface area contributed by atoms with Gasteiger partial charge in [-0.1, -0.05) is 44.9 Å². The Labute approximate surface area is 130 Å². The summed E-state index contributed by atoms with van der Waals surface area (Å²) in [6.07, 6.45) is 9.38. The van der Waals surface area contributed by atoms with Crippen LogP contribution in [0.4, 0.5) is 0 Å². The zero-order valence-electron chi connectivity index (χ0n) is 14.5. The predicted octanol–water partition coefficient (Wildman–Crippen LogP) is 5.38. The molecular formula is C20H32O. The van der Waals surface area contributed by atoms with E-state index in [2.05, 4.69) is 33.8 Å². The highest BCUT2D eigenvalue weighted by molar-refractivity contribution is 5.35. The van der Waals surface area contributed by atoms with E-state index in [1.807, 2.05) is 7.11 Å². The lowest BCUT2D eigenvalue weighted by molar-refractivity contribution is 0.222. The van der Waals surface area contributed by atoms with E-state index in [-0.39, 0.29) is 0 Å². The number of rotatable bonds is 3. The van der Waals surface area contributed by atoms with Gasteiger partial charge < -0.3 is 4.74 Å². The zero-order valence-corrected chi connectivity index (χ0v) is 14.5. The van der Waals surface area contributed by atoms with Gasteiger partial charge in [-0.15, -0.1) is 0 Å². The summed E-state index contributed by atoms with van der Waals surface area (Å²) in [4.78, 5) is 0. The molecule has 118 valence electrons. The molecule has 0 spiro atoms. The molecule has 4 atom stereocenters. The Kier molecular flexibility index (Phi) is 4.07. The summed E-state index contributed by atoms with van der Waals surface area (Å²) in [6.45, 7) is 10.7. The van der Waals surface area contributed by atoms with E-state index in [0.717, 1.165) is 24.4 Å². The zero-order chi connectivity index (χ0) is 15.2. The maximum Gasteiger partial charge on any atom is 0.0675 e. The van der Waals surface area contributed by atoms with Crippen molar-refractivity contribution in [3.63, 3.8) is 0 Å². The molecule has 0 aromatic heterocycles. The molecule has 1 heteroatoms. The van der Waals surface area contributed by atoms with Gasteiger partial charge in [-0.25, -0.2) is 0 Å². The molecule has 0 bridgehead atoms. The fraction of sp³-hybridized carbons (Fsp3) is 0.800. The van der Waals surface area contributed by atoms with Crippen LogP contribution < -0.4 is 0 Å². The Morgan fingerprint density at radius 2 is 2.10 bits per heavy atom. The summed E-state index contributed by atoms with van der Waals surface area (Å²) in [7, 11) is 1.84. The second-order valence-electron chi connectivity index (χ2n) is 8.31. The van der Waals surface area contributed by atoms with Crippen LogP contribution in [0.3, 0.4) is 0 Å². The number of ether oxygens (including phenoxy) is 1. The Morgan fingerprint density at radius 3 is 2.76 bits per heavy atom. The van der Waals surface area contributed by atoms with Crippen LogP contribution in [0.1, 0.15) is 59.8 Å². The maximum absolute atomic E-state index is 5.48. The highest BCUT2D eigenvalue weighted by Gasteiger charge is 2.46. The molecule has 1 fully saturated rings. The van der Waals surface area contributed by atoms with Crippen LogP contribution in [0.2, 0.25) is 0 Å². The average molecular weight is 288 g/mol. The van der Waals surface area contributed by atoms with Crippen molar-refractivity contribution in [1.29, 1.82) is 0 Å². The highest BCUT2D eigenvalue weighted by atomic mass is 16.5. The first-order valence-electron chi connectivity index (χ1n) is 8.88. The third-order valence-corrected chi connectivity index (χ3v) is 6.54. The number of hydrogen-bond donors (Lipinski definition) is 0. The lowest BCUT2D eigenvalue weighted by atomic mass is 9.75. The molecule has 0 N–H and O–H groups in total. The van der Waals surface area contributed by atoms with Gasteiger partial charge in [0.15, 0.2) is 0 Å². The Morgan fingerprint density at radius 1 is 1.33 bits per heavy atom. The van der Waals surface area contributed by atoms with Crippen LogP contribution in [0.5, 0.6) is 0 Å². The Hall–Kier alpha value is -0.560. The van der Waals surface area contributed by atoms with Crippen LogP contribution in [0, 0.1) is 29.1 Å². The first-order valence-corrected chi connectivity index (χ1v) is 8.88. The molecule has 0 amide bonds. The van der Waals surface area contributed by atoms with Crippen molar-refractivity contribution in [1.82, 2.24) is 0 Å². The van der Waals surface area contributed by atoms with E-state index in [1.54, 1.807) is 16.7 Å². The fourth-order valence-electron chi connectivity index (χ4n) is 5.35. The minimum Gasteiger partial charge on any atom is -0.380 e. The van der Waals surface area contributed by atoms with E-state index in [1.165, 1.54) is 32.1 Å². The first-order chi connectivity index (χ1) is 9.96. The van der Waals surface area contributed by atoms with Crippen molar-refractivity contribution in [2.75, 3.05) is 13.7 Å². The summed E-state index contributed by atoms with van der Waals surface area (Å²) in [6, 6.07) is 0. The standard InChI is InChI=1S/C20H32O/c1-13(2)16-8-9-20(4)11-18-15(12-21-5)6-7-17(18)14(3)10-19(16)20/h10,13-14,16-17H,6-9,11-12H2,1-5H3. The van der Waals surface area contributed by atoms with Gasteiger partial charge in [-0.2, -0.15) is 0 Å². The predicted molar refractivity (Wildman–Crippen MR) is 89.2 cm³/mol. The van der Waals surface area contributed by atoms with Crippen LogP contribution in [0.25, 0.3) is 0 Å².